The van der Waals surface area contributed by atoms with Gasteiger partial charge in [-0.15, -0.1) is 0 Å². The van der Waals surface area contributed by atoms with Crippen molar-refractivity contribution in [1.29, 1.82) is 0 Å². The fourth-order valence-corrected chi connectivity index (χ4v) is 3.89. The van der Waals surface area contributed by atoms with Crippen LogP contribution < -0.4 is 14.8 Å². The van der Waals surface area contributed by atoms with E-state index in [0.29, 0.717) is 19.3 Å². The van der Waals surface area contributed by atoms with Crippen molar-refractivity contribution in [2.24, 2.45) is 11.8 Å². The van der Waals surface area contributed by atoms with Crippen molar-refractivity contribution in [2.45, 2.75) is 19.5 Å². The zero-order valence-electron chi connectivity index (χ0n) is 12.0. The first-order valence-corrected chi connectivity index (χ1v) is 7.64. The highest BCUT2D eigenvalue weighted by molar-refractivity contribution is 5.43. The van der Waals surface area contributed by atoms with Gasteiger partial charge in [0.15, 0.2) is 11.5 Å². The molecule has 4 heteroatoms. The predicted octanol–water partition coefficient (Wildman–Crippen LogP) is 1.50. The Morgan fingerprint density at radius 1 is 1.20 bits per heavy atom. The summed E-state index contributed by atoms with van der Waals surface area (Å²) in [6.45, 7) is 8.29. The second-order valence-corrected chi connectivity index (χ2v) is 6.23. The van der Waals surface area contributed by atoms with Gasteiger partial charge in [0.1, 0.15) is 13.2 Å². The zero-order valence-corrected chi connectivity index (χ0v) is 12.0. The molecule has 108 valence electrons. The van der Waals surface area contributed by atoms with E-state index < -0.39 is 0 Å². The first-order valence-electron chi connectivity index (χ1n) is 7.64. The topological polar surface area (TPSA) is 33.7 Å². The lowest BCUT2D eigenvalue weighted by atomic mass is 9.95. The number of fused-ring (bicyclic) bond motifs is 2. The number of hydrogen-bond donors (Lipinski definition) is 1. The Labute approximate surface area is 120 Å². The smallest absolute Gasteiger partial charge is 0.161 e. The van der Waals surface area contributed by atoms with E-state index in [9.17, 15) is 0 Å². The molecule has 1 aromatic rings. The lowest BCUT2D eigenvalue weighted by Gasteiger charge is -2.25. The summed E-state index contributed by atoms with van der Waals surface area (Å²) < 4.78 is 11.3. The molecule has 0 aliphatic carbocycles. The summed E-state index contributed by atoms with van der Waals surface area (Å²) in [6.07, 6.45) is 0. The van der Waals surface area contributed by atoms with Crippen molar-refractivity contribution in [3.8, 4) is 11.5 Å². The maximum atomic E-state index is 5.68. The van der Waals surface area contributed by atoms with Crippen molar-refractivity contribution >= 4 is 0 Å². The Balaban J connectivity index is 1.49. The number of nitrogens with zero attached hydrogens (tertiary/aromatic N) is 1. The van der Waals surface area contributed by atoms with E-state index in [2.05, 4.69) is 29.3 Å². The molecule has 2 saturated heterocycles. The minimum absolute atomic E-state index is 0.659. The number of likely N-dealkylation sites (tertiary alicyclic amines) is 1. The van der Waals surface area contributed by atoms with Gasteiger partial charge in [-0.3, -0.25) is 4.90 Å². The highest BCUT2D eigenvalue weighted by Crippen LogP contribution is 2.35. The van der Waals surface area contributed by atoms with Crippen LogP contribution in [0.15, 0.2) is 18.2 Å². The summed E-state index contributed by atoms with van der Waals surface area (Å²) in [6, 6.07) is 7.04. The molecule has 3 aliphatic heterocycles. The second kappa shape index (κ2) is 4.93. The van der Waals surface area contributed by atoms with Crippen molar-refractivity contribution in [2.75, 3.05) is 32.8 Å². The van der Waals surface area contributed by atoms with Crippen LogP contribution in [-0.2, 0) is 6.54 Å². The van der Waals surface area contributed by atoms with Gasteiger partial charge in [-0.25, -0.2) is 0 Å². The van der Waals surface area contributed by atoms with Gasteiger partial charge in [0.2, 0.25) is 0 Å². The molecule has 3 heterocycles. The largest absolute Gasteiger partial charge is 0.486 e. The Morgan fingerprint density at radius 3 is 2.90 bits per heavy atom. The van der Waals surface area contributed by atoms with E-state index in [1.54, 1.807) is 0 Å². The van der Waals surface area contributed by atoms with E-state index in [4.69, 9.17) is 9.47 Å². The van der Waals surface area contributed by atoms with E-state index in [-0.39, 0.29) is 0 Å². The molecule has 0 amide bonds. The number of rotatable bonds is 2. The highest BCUT2D eigenvalue weighted by atomic mass is 16.6. The van der Waals surface area contributed by atoms with Crippen LogP contribution in [0.1, 0.15) is 12.5 Å². The monoisotopic (exact) mass is 274 g/mol. The van der Waals surface area contributed by atoms with E-state index >= 15 is 0 Å². The van der Waals surface area contributed by atoms with Crippen molar-refractivity contribution in [3.05, 3.63) is 23.8 Å². The SMILES string of the molecule is CC1C2CNCC2CN1Cc1ccc2c(c1)OCCO2. The normalized spacial score (nSPS) is 32.4. The van der Waals surface area contributed by atoms with Crippen LogP contribution >= 0.6 is 0 Å². The van der Waals surface area contributed by atoms with Gasteiger partial charge in [0, 0.05) is 19.1 Å². The average molecular weight is 274 g/mol. The molecule has 1 N–H and O–H groups in total. The first kappa shape index (κ1) is 12.5. The molecule has 20 heavy (non-hydrogen) atoms. The van der Waals surface area contributed by atoms with Gasteiger partial charge in [0.25, 0.3) is 0 Å². The standard InChI is InChI=1S/C16H22N2O2/c1-11-14-8-17-7-13(14)10-18(11)9-12-2-3-15-16(6-12)20-5-4-19-15/h2-3,6,11,13-14,17H,4-5,7-10H2,1H3. The minimum Gasteiger partial charge on any atom is -0.486 e. The molecule has 4 nitrogen and oxygen atoms in total. The molecule has 3 atom stereocenters. The zero-order chi connectivity index (χ0) is 13.5. The summed E-state index contributed by atoms with van der Waals surface area (Å²) in [5.41, 5.74) is 1.33. The third kappa shape index (κ3) is 2.07. The summed E-state index contributed by atoms with van der Waals surface area (Å²) in [5.74, 6) is 3.45. The van der Waals surface area contributed by atoms with Gasteiger partial charge in [-0.1, -0.05) is 6.07 Å². The molecule has 3 aliphatic rings. The predicted molar refractivity (Wildman–Crippen MR) is 77.2 cm³/mol. The number of benzene rings is 1. The highest BCUT2D eigenvalue weighted by Gasteiger charge is 2.41. The van der Waals surface area contributed by atoms with Crippen molar-refractivity contribution in [1.82, 2.24) is 10.2 Å². The summed E-state index contributed by atoms with van der Waals surface area (Å²) in [4.78, 5) is 2.61. The Bertz CT molecular complexity index is 505. The van der Waals surface area contributed by atoms with Gasteiger partial charge in [-0.2, -0.15) is 0 Å². The molecule has 0 bridgehead atoms. The average Bonchev–Trinajstić information content (AvgIpc) is 3.03. The van der Waals surface area contributed by atoms with Crippen LogP contribution in [0, 0.1) is 11.8 Å². The molecule has 0 spiro atoms. The van der Waals surface area contributed by atoms with Crippen LogP contribution in [0.3, 0.4) is 0 Å². The molecule has 2 fully saturated rings. The van der Waals surface area contributed by atoms with E-state index in [0.717, 1.165) is 29.9 Å². The maximum Gasteiger partial charge on any atom is 0.161 e. The first-order chi connectivity index (χ1) is 9.81. The molecule has 1 aromatic carbocycles. The summed E-state index contributed by atoms with van der Waals surface area (Å²) in [7, 11) is 0. The molecule has 4 rings (SSSR count). The Kier molecular flexibility index (Phi) is 3.08. The second-order valence-electron chi connectivity index (χ2n) is 6.23. The third-order valence-corrected chi connectivity index (χ3v) is 5.05. The Morgan fingerprint density at radius 2 is 2.05 bits per heavy atom. The van der Waals surface area contributed by atoms with Gasteiger partial charge in [0.05, 0.1) is 0 Å². The molecule has 0 radical (unpaired) electrons. The maximum absolute atomic E-state index is 5.68. The van der Waals surface area contributed by atoms with Crippen LogP contribution in [0.4, 0.5) is 0 Å². The van der Waals surface area contributed by atoms with Gasteiger partial charge in [-0.05, 0) is 49.5 Å². The van der Waals surface area contributed by atoms with Crippen LogP contribution in [0.25, 0.3) is 0 Å². The van der Waals surface area contributed by atoms with Crippen molar-refractivity contribution in [3.63, 3.8) is 0 Å². The summed E-state index contributed by atoms with van der Waals surface area (Å²) in [5, 5.41) is 3.52. The van der Waals surface area contributed by atoms with E-state index in [1.165, 1.54) is 25.2 Å². The van der Waals surface area contributed by atoms with Crippen LogP contribution in [-0.4, -0.2) is 43.8 Å². The van der Waals surface area contributed by atoms with Gasteiger partial charge < -0.3 is 14.8 Å². The minimum atomic E-state index is 0.659. The van der Waals surface area contributed by atoms with Crippen LogP contribution in [0.5, 0.6) is 11.5 Å². The molecular weight excluding hydrogens is 252 g/mol. The van der Waals surface area contributed by atoms with Crippen molar-refractivity contribution < 1.29 is 9.47 Å². The number of ether oxygens (including phenoxy) is 2. The quantitative estimate of drug-likeness (QED) is 0.886. The molecular formula is C16H22N2O2. The lowest BCUT2D eigenvalue weighted by molar-refractivity contribution is 0.170. The fraction of sp³-hybridized carbons (Fsp3) is 0.625. The van der Waals surface area contributed by atoms with E-state index in [1.807, 2.05) is 6.07 Å². The third-order valence-electron chi connectivity index (χ3n) is 5.05. The number of nitrogens with one attached hydrogen (secondary N) is 1. The number of hydrogen-bond acceptors (Lipinski definition) is 4. The fourth-order valence-electron chi connectivity index (χ4n) is 3.89. The summed E-state index contributed by atoms with van der Waals surface area (Å²) >= 11 is 0. The lowest BCUT2D eigenvalue weighted by Crippen LogP contribution is -2.32. The molecule has 0 aromatic heterocycles. The van der Waals surface area contributed by atoms with Gasteiger partial charge >= 0.3 is 0 Å². The van der Waals surface area contributed by atoms with Crippen LogP contribution in [0.2, 0.25) is 0 Å². The molecule has 0 saturated carbocycles. The Hall–Kier alpha value is -1.26. The molecule has 3 unspecified atom stereocenters.